The number of halogens is 1. The van der Waals surface area contributed by atoms with Crippen molar-refractivity contribution in [2.45, 2.75) is 13.3 Å². The number of H-pyrrole nitrogens is 1. The summed E-state index contributed by atoms with van der Waals surface area (Å²) in [5.74, 6) is 0. The van der Waals surface area contributed by atoms with Gasteiger partial charge in [0.25, 0.3) is 0 Å². The minimum atomic E-state index is 0.731. The van der Waals surface area contributed by atoms with Crippen molar-refractivity contribution in [3.8, 4) is 5.69 Å². The normalized spacial score (nSPS) is 11.1. The first kappa shape index (κ1) is 12.6. The maximum Gasteiger partial charge on any atom is 0.182 e. The van der Waals surface area contributed by atoms with Crippen molar-refractivity contribution < 1.29 is 0 Å². The first-order chi connectivity index (χ1) is 9.20. The Morgan fingerprint density at radius 2 is 2.00 bits per heavy atom. The summed E-state index contributed by atoms with van der Waals surface area (Å²) in [6, 6.07) is 14.5. The van der Waals surface area contributed by atoms with Crippen LogP contribution in [0.15, 0.2) is 46.9 Å². The van der Waals surface area contributed by atoms with E-state index >= 15 is 0 Å². The molecule has 0 radical (unpaired) electrons. The van der Waals surface area contributed by atoms with Crippen LogP contribution in [0.2, 0.25) is 0 Å². The molecule has 0 unspecified atom stereocenters. The van der Waals surface area contributed by atoms with Crippen LogP contribution in [0, 0.1) is 4.77 Å². The molecule has 2 aromatic carbocycles. The molecule has 0 amide bonds. The van der Waals surface area contributed by atoms with Crippen molar-refractivity contribution in [1.29, 1.82) is 0 Å². The largest absolute Gasteiger partial charge is 0.330 e. The number of imidazole rings is 1. The lowest BCUT2D eigenvalue weighted by atomic mass is 10.1. The average Bonchev–Trinajstić information content (AvgIpc) is 2.74. The van der Waals surface area contributed by atoms with Gasteiger partial charge >= 0.3 is 0 Å². The molecule has 0 bridgehead atoms. The van der Waals surface area contributed by atoms with Gasteiger partial charge in [0, 0.05) is 4.47 Å². The molecule has 4 heteroatoms. The van der Waals surface area contributed by atoms with Crippen LogP contribution in [-0.4, -0.2) is 9.55 Å². The van der Waals surface area contributed by atoms with E-state index in [1.807, 2.05) is 18.2 Å². The number of para-hydroxylation sites is 1. The number of benzene rings is 2. The molecule has 96 valence electrons. The Bertz CT molecular complexity index is 801. The number of fused-ring (bicyclic) bond motifs is 1. The first-order valence-electron chi connectivity index (χ1n) is 6.19. The molecule has 3 aromatic rings. The van der Waals surface area contributed by atoms with E-state index in [0.29, 0.717) is 0 Å². The predicted molar refractivity (Wildman–Crippen MR) is 85.5 cm³/mol. The minimum Gasteiger partial charge on any atom is -0.330 e. The summed E-state index contributed by atoms with van der Waals surface area (Å²) in [5, 5.41) is 0. The van der Waals surface area contributed by atoms with Crippen molar-refractivity contribution in [3.63, 3.8) is 0 Å². The van der Waals surface area contributed by atoms with Crippen LogP contribution in [0.3, 0.4) is 0 Å². The number of nitrogens with one attached hydrogen (secondary N) is 1. The summed E-state index contributed by atoms with van der Waals surface area (Å²) in [7, 11) is 0. The van der Waals surface area contributed by atoms with E-state index in [9.17, 15) is 0 Å². The van der Waals surface area contributed by atoms with E-state index < -0.39 is 0 Å². The zero-order chi connectivity index (χ0) is 13.4. The third-order valence-corrected chi connectivity index (χ3v) is 4.04. The maximum absolute atomic E-state index is 5.48. The number of aromatic nitrogens is 2. The Morgan fingerprint density at radius 3 is 2.79 bits per heavy atom. The molecule has 0 fully saturated rings. The summed E-state index contributed by atoms with van der Waals surface area (Å²) in [6.45, 7) is 2.16. The van der Waals surface area contributed by atoms with Gasteiger partial charge < -0.3 is 4.98 Å². The molecule has 0 aliphatic carbocycles. The summed E-state index contributed by atoms with van der Waals surface area (Å²) < 4.78 is 3.89. The standard InChI is InChI=1S/C15H13BrN2S/c1-2-10-5-3-4-6-13(10)18-14-9-11(16)7-8-12(14)17-15(18)19/h3-9H,2H2,1H3,(H,17,19). The molecule has 0 atom stereocenters. The third kappa shape index (κ3) is 2.15. The number of hydrogen-bond acceptors (Lipinski definition) is 1. The highest BCUT2D eigenvalue weighted by Crippen LogP contribution is 2.25. The molecule has 0 aliphatic rings. The van der Waals surface area contributed by atoms with Crippen LogP contribution >= 0.6 is 28.1 Å². The lowest BCUT2D eigenvalue weighted by Crippen LogP contribution is -1.98. The van der Waals surface area contributed by atoms with Gasteiger partial charge in [0.2, 0.25) is 0 Å². The molecule has 19 heavy (non-hydrogen) atoms. The van der Waals surface area contributed by atoms with E-state index in [0.717, 1.165) is 32.4 Å². The Morgan fingerprint density at radius 1 is 1.21 bits per heavy atom. The third-order valence-electron chi connectivity index (χ3n) is 3.26. The molecule has 1 N–H and O–H groups in total. The summed E-state index contributed by atoms with van der Waals surface area (Å²) in [4.78, 5) is 3.26. The zero-order valence-electron chi connectivity index (χ0n) is 10.5. The molecular weight excluding hydrogens is 320 g/mol. The van der Waals surface area contributed by atoms with Crippen LogP contribution in [0.4, 0.5) is 0 Å². The van der Waals surface area contributed by atoms with Gasteiger partial charge in [-0.25, -0.2) is 0 Å². The van der Waals surface area contributed by atoms with E-state index in [4.69, 9.17) is 12.2 Å². The van der Waals surface area contributed by atoms with Crippen molar-refractivity contribution in [3.05, 3.63) is 57.3 Å². The fourth-order valence-corrected chi connectivity index (χ4v) is 3.00. The van der Waals surface area contributed by atoms with Gasteiger partial charge in [-0.3, -0.25) is 4.57 Å². The summed E-state index contributed by atoms with van der Waals surface area (Å²) in [6.07, 6.45) is 0.985. The molecule has 0 saturated carbocycles. The summed E-state index contributed by atoms with van der Waals surface area (Å²) in [5.41, 5.74) is 4.60. The first-order valence-corrected chi connectivity index (χ1v) is 7.39. The Hall–Kier alpha value is -1.39. The van der Waals surface area contributed by atoms with Gasteiger partial charge in [-0.05, 0) is 48.5 Å². The Balaban J connectivity index is 2.39. The number of aromatic amines is 1. The van der Waals surface area contributed by atoms with Gasteiger partial charge in [0.15, 0.2) is 4.77 Å². The number of hydrogen-bond donors (Lipinski definition) is 1. The van der Waals surface area contributed by atoms with Crippen LogP contribution in [0.5, 0.6) is 0 Å². The van der Waals surface area contributed by atoms with Crippen LogP contribution in [-0.2, 0) is 6.42 Å². The maximum atomic E-state index is 5.48. The van der Waals surface area contributed by atoms with Gasteiger partial charge in [-0.2, -0.15) is 0 Å². The molecule has 0 spiro atoms. The van der Waals surface area contributed by atoms with Gasteiger partial charge in [0.1, 0.15) is 0 Å². The number of rotatable bonds is 2. The molecule has 3 rings (SSSR count). The number of nitrogens with zero attached hydrogens (tertiary/aromatic N) is 1. The second kappa shape index (κ2) is 4.94. The number of aryl methyl sites for hydroxylation is 1. The Kier molecular flexibility index (Phi) is 3.29. The highest BCUT2D eigenvalue weighted by atomic mass is 79.9. The van der Waals surface area contributed by atoms with E-state index in [1.165, 1.54) is 5.56 Å². The fourth-order valence-electron chi connectivity index (χ4n) is 2.34. The van der Waals surface area contributed by atoms with Crippen molar-refractivity contribution in [2.24, 2.45) is 0 Å². The molecule has 0 saturated heterocycles. The molecule has 2 nitrogen and oxygen atoms in total. The van der Waals surface area contributed by atoms with Gasteiger partial charge in [-0.15, -0.1) is 0 Å². The lowest BCUT2D eigenvalue weighted by Gasteiger charge is -2.09. The predicted octanol–water partition coefficient (Wildman–Crippen LogP) is 5.01. The molecule has 1 heterocycles. The second-order valence-electron chi connectivity index (χ2n) is 4.41. The quantitative estimate of drug-likeness (QED) is 0.654. The SMILES string of the molecule is CCc1ccccc1-n1c(=S)[nH]c2ccc(Br)cc21. The van der Waals surface area contributed by atoms with E-state index in [2.05, 4.69) is 56.7 Å². The van der Waals surface area contributed by atoms with Crippen LogP contribution < -0.4 is 0 Å². The van der Waals surface area contributed by atoms with Crippen LogP contribution in [0.25, 0.3) is 16.7 Å². The Labute approximate surface area is 125 Å². The fraction of sp³-hybridized carbons (Fsp3) is 0.133. The van der Waals surface area contributed by atoms with Crippen molar-refractivity contribution >= 4 is 39.2 Å². The highest BCUT2D eigenvalue weighted by molar-refractivity contribution is 9.10. The van der Waals surface area contributed by atoms with Crippen molar-refractivity contribution in [1.82, 2.24) is 9.55 Å². The second-order valence-corrected chi connectivity index (χ2v) is 5.71. The van der Waals surface area contributed by atoms with Crippen LogP contribution in [0.1, 0.15) is 12.5 Å². The highest BCUT2D eigenvalue weighted by Gasteiger charge is 2.09. The van der Waals surface area contributed by atoms with Gasteiger partial charge in [0.05, 0.1) is 16.7 Å². The zero-order valence-corrected chi connectivity index (χ0v) is 12.9. The topological polar surface area (TPSA) is 20.7 Å². The van der Waals surface area contributed by atoms with E-state index in [-0.39, 0.29) is 0 Å². The molecule has 0 aliphatic heterocycles. The average molecular weight is 333 g/mol. The van der Waals surface area contributed by atoms with Crippen molar-refractivity contribution in [2.75, 3.05) is 0 Å². The monoisotopic (exact) mass is 332 g/mol. The minimum absolute atomic E-state index is 0.731. The van der Waals surface area contributed by atoms with E-state index in [1.54, 1.807) is 0 Å². The van der Waals surface area contributed by atoms with Gasteiger partial charge in [-0.1, -0.05) is 41.1 Å². The smallest absolute Gasteiger partial charge is 0.182 e. The lowest BCUT2D eigenvalue weighted by molar-refractivity contribution is 1.01. The summed E-state index contributed by atoms with van der Waals surface area (Å²) >= 11 is 9.00. The molecular formula is C15H13BrN2S. The molecule has 1 aromatic heterocycles.